The van der Waals surface area contributed by atoms with Gasteiger partial charge in [-0.3, -0.25) is 9.10 Å². The first-order valence-electron chi connectivity index (χ1n) is 11.8. The van der Waals surface area contributed by atoms with Gasteiger partial charge >= 0.3 is 0 Å². The Morgan fingerprint density at radius 1 is 0.917 bits per heavy atom. The van der Waals surface area contributed by atoms with Gasteiger partial charge in [0.1, 0.15) is 18.0 Å². The number of rotatable bonds is 10. The Morgan fingerprint density at radius 2 is 1.56 bits per heavy atom. The van der Waals surface area contributed by atoms with Crippen molar-refractivity contribution in [2.75, 3.05) is 25.1 Å². The molecule has 1 atom stereocenters. The highest BCUT2D eigenvalue weighted by molar-refractivity contribution is 7.92. The number of nitrogens with zero attached hydrogens (tertiary/aromatic N) is 1. The molecule has 0 aromatic heterocycles. The van der Waals surface area contributed by atoms with Gasteiger partial charge in [-0.25, -0.2) is 8.42 Å². The second-order valence-corrected chi connectivity index (χ2v) is 10.8. The average Bonchev–Trinajstić information content (AvgIpc) is 2.87. The minimum atomic E-state index is -4.01. The minimum Gasteiger partial charge on any atom is -0.497 e. The smallest absolute Gasteiger partial charge is 0.264 e. The maximum absolute atomic E-state index is 13.6. The van der Waals surface area contributed by atoms with Crippen molar-refractivity contribution in [3.8, 4) is 11.5 Å². The summed E-state index contributed by atoms with van der Waals surface area (Å²) in [7, 11) is -0.850. The number of anilines is 1. The van der Waals surface area contributed by atoms with E-state index in [2.05, 4.69) is 19.2 Å². The summed E-state index contributed by atoms with van der Waals surface area (Å²) in [6, 6.07) is 18.4. The van der Waals surface area contributed by atoms with Crippen LogP contribution in [-0.4, -0.2) is 35.1 Å². The number of methoxy groups -OCH3 is 2. The van der Waals surface area contributed by atoms with E-state index in [1.54, 1.807) is 49.6 Å². The molecule has 7 nitrogen and oxygen atoms in total. The Hall–Kier alpha value is -3.52. The standard InChI is InChI=1S/C28H34N2O5S/c1-19(2)25-17-26(20(3)16-27(25)35-6)21(4)29-28(31)18-30(22-10-8-7-9-11-22)36(32,33)24-14-12-23(34-5)13-15-24/h7-17,19,21H,18H2,1-6H3,(H,29,31)/t21-/m1/s1. The first-order valence-corrected chi connectivity index (χ1v) is 13.2. The van der Waals surface area contributed by atoms with E-state index in [0.717, 1.165) is 26.7 Å². The van der Waals surface area contributed by atoms with Gasteiger partial charge in [-0.05, 0) is 85.0 Å². The fourth-order valence-corrected chi connectivity index (χ4v) is 5.51. The molecule has 0 aliphatic carbocycles. The molecule has 0 bridgehead atoms. The summed E-state index contributed by atoms with van der Waals surface area (Å²) in [4.78, 5) is 13.3. The molecule has 0 spiro atoms. The SMILES string of the molecule is COc1ccc(S(=O)(=O)N(CC(=O)N[C@H](C)c2cc(C(C)C)c(OC)cc2C)c2ccccc2)cc1. The van der Waals surface area contributed by atoms with Gasteiger partial charge in [0.05, 0.1) is 30.8 Å². The first kappa shape index (κ1) is 27.1. The molecule has 1 amide bonds. The Bertz CT molecular complexity index is 1290. The second-order valence-electron chi connectivity index (χ2n) is 8.92. The van der Waals surface area contributed by atoms with Crippen LogP contribution >= 0.6 is 0 Å². The summed E-state index contributed by atoms with van der Waals surface area (Å²) in [6.07, 6.45) is 0. The minimum absolute atomic E-state index is 0.0700. The molecule has 0 radical (unpaired) electrons. The molecule has 0 heterocycles. The molecule has 0 aliphatic rings. The number of ether oxygens (including phenoxy) is 2. The molecule has 3 aromatic carbocycles. The maximum atomic E-state index is 13.6. The van der Waals surface area contributed by atoms with E-state index in [1.165, 1.54) is 19.2 Å². The number of carbonyl (C=O) groups is 1. The van der Waals surface area contributed by atoms with Crippen LogP contribution in [0.4, 0.5) is 5.69 Å². The average molecular weight is 511 g/mol. The summed E-state index contributed by atoms with van der Waals surface area (Å²) in [6.45, 7) is 7.66. The fourth-order valence-electron chi connectivity index (χ4n) is 4.09. The van der Waals surface area contributed by atoms with Crippen molar-refractivity contribution in [3.63, 3.8) is 0 Å². The number of hydrogen-bond acceptors (Lipinski definition) is 5. The van der Waals surface area contributed by atoms with Gasteiger partial charge in [0.15, 0.2) is 0 Å². The van der Waals surface area contributed by atoms with Crippen molar-refractivity contribution >= 4 is 21.6 Å². The lowest BCUT2D eigenvalue weighted by molar-refractivity contribution is -0.120. The summed E-state index contributed by atoms with van der Waals surface area (Å²) in [5.41, 5.74) is 3.39. The Labute approximate surface area is 214 Å². The van der Waals surface area contributed by atoms with Crippen molar-refractivity contribution in [2.45, 2.75) is 44.6 Å². The zero-order chi connectivity index (χ0) is 26.5. The van der Waals surface area contributed by atoms with Crippen LogP contribution in [0.3, 0.4) is 0 Å². The van der Waals surface area contributed by atoms with E-state index >= 15 is 0 Å². The predicted octanol–water partition coefficient (Wildman–Crippen LogP) is 5.21. The highest BCUT2D eigenvalue weighted by Crippen LogP contribution is 2.32. The monoisotopic (exact) mass is 510 g/mol. The van der Waals surface area contributed by atoms with E-state index in [9.17, 15) is 13.2 Å². The van der Waals surface area contributed by atoms with E-state index in [4.69, 9.17) is 9.47 Å². The van der Waals surface area contributed by atoms with Crippen LogP contribution < -0.4 is 19.1 Å². The van der Waals surface area contributed by atoms with Crippen LogP contribution in [0.15, 0.2) is 71.6 Å². The number of benzene rings is 3. The largest absolute Gasteiger partial charge is 0.497 e. The molecule has 0 saturated heterocycles. The molecule has 0 aliphatic heterocycles. The van der Waals surface area contributed by atoms with Gasteiger partial charge in [-0.1, -0.05) is 32.0 Å². The quantitative estimate of drug-likeness (QED) is 0.405. The molecule has 192 valence electrons. The van der Waals surface area contributed by atoms with Crippen LogP contribution in [-0.2, 0) is 14.8 Å². The third kappa shape index (κ3) is 5.99. The molecule has 8 heteroatoms. The number of amides is 1. The van der Waals surface area contributed by atoms with E-state index in [-0.39, 0.29) is 23.4 Å². The summed E-state index contributed by atoms with van der Waals surface area (Å²) >= 11 is 0. The third-order valence-corrected chi connectivity index (χ3v) is 7.85. The fraction of sp³-hybridized carbons (Fsp3) is 0.321. The normalized spacial score (nSPS) is 12.2. The van der Waals surface area contributed by atoms with E-state index < -0.39 is 15.9 Å². The van der Waals surface area contributed by atoms with Crippen molar-refractivity contribution < 1.29 is 22.7 Å². The number of aryl methyl sites for hydroxylation is 1. The first-order chi connectivity index (χ1) is 17.1. The number of nitrogens with one attached hydrogen (secondary N) is 1. The Balaban J connectivity index is 1.89. The Morgan fingerprint density at radius 3 is 2.11 bits per heavy atom. The number of sulfonamides is 1. The number of carbonyl (C=O) groups excluding carboxylic acids is 1. The van der Waals surface area contributed by atoms with Crippen LogP contribution in [0.25, 0.3) is 0 Å². The van der Waals surface area contributed by atoms with Gasteiger partial charge in [0.25, 0.3) is 10.0 Å². The molecule has 0 unspecified atom stereocenters. The lowest BCUT2D eigenvalue weighted by atomic mass is 9.93. The number of para-hydroxylation sites is 1. The van der Waals surface area contributed by atoms with Crippen LogP contribution in [0, 0.1) is 6.92 Å². The molecule has 0 fully saturated rings. The number of hydrogen-bond donors (Lipinski definition) is 1. The summed E-state index contributed by atoms with van der Waals surface area (Å²) < 4.78 is 38.9. The van der Waals surface area contributed by atoms with Crippen molar-refractivity contribution in [1.82, 2.24) is 5.32 Å². The van der Waals surface area contributed by atoms with Gasteiger partial charge in [0.2, 0.25) is 5.91 Å². The molecule has 3 aromatic rings. The lowest BCUT2D eigenvalue weighted by Gasteiger charge is -2.26. The predicted molar refractivity (Wildman–Crippen MR) is 142 cm³/mol. The zero-order valence-electron chi connectivity index (χ0n) is 21.6. The highest BCUT2D eigenvalue weighted by atomic mass is 32.2. The van der Waals surface area contributed by atoms with E-state index in [0.29, 0.717) is 11.4 Å². The maximum Gasteiger partial charge on any atom is 0.264 e. The van der Waals surface area contributed by atoms with Gasteiger partial charge < -0.3 is 14.8 Å². The zero-order valence-corrected chi connectivity index (χ0v) is 22.4. The van der Waals surface area contributed by atoms with Crippen molar-refractivity contribution in [2.24, 2.45) is 0 Å². The molecule has 1 N–H and O–H groups in total. The second kappa shape index (κ2) is 11.5. The Kier molecular flexibility index (Phi) is 8.63. The van der Waals surface area contributed by atoms with Crippen LogP contribution in [0.2, 0.25) is 0 Å². The van der Waals surface area contributed by atoms with Crippen LogP contribution in [0.1, 0.15) is 49.4 Å². The molecular weight excluding hydrogens is 476 g/mol. The summed E-state index contributed by atoms with van der Waals surface area (Å²) in [5, 5.41) is 2.98. The van der Waals surface area contributed by atoms with Gasteiger partial charge in [-0.2, -0.15) is 0 Å². The van der Waals surface area contributed by atoms with E-state index in [1.807, 2.05) is 26.0 Å². The highest BCUT2D eigenvalue weighted by Gasteiger charge is 2.28. The lowest BCUT2D eigenvalue weighted by Crippen LogP contribution is -2.41. The van der Waals surface area contributed by atoms with Gasteiger partial charge in [-0.15, -0.1) is 0 Å². The van der Waals surface area contributed by atoms with Gasteiger partial charge in [0, 0.05) is 0 Å². The molecular formula is C28H34N2O5S. The van der Waals surface area contributed by atoms with Crippen LogP contribution in [0.5, 0.6) is 11.5 Å². The summed E-state index contributed by atoms with van der Waals surface area (Å²) in [5.74, 6) is 1.18. The molecule has 0 saturated carbocycles. The molecule has 36 heavy (non-hydrogen) atoms. The molecule has 3 rings (SSSR count). The third-order valence-electron chi connectivity index (χ3n) is 6.06. The van der Waals surface area contributed by atoms with Crippen molar-refractivity contribution in [1.29, 1.82) is 0 Å². The topological polar surface area (TPSA) is 84.9 Å². The van der Waals surface area contributed by atoms with Crippen molar-refractivity contribution in [3.05, 3.63) is 83.4 Å².